The Morgan fingerprint density at radius 2 is 1.72 bits per heavy atom. The van der Waals surface area contributed by atoms with E-state index in [1.165, 1.54) is 4.90 Å². The van der Waals surface area contributed by atoms with Gasteiger partial charge in [-0.3, -0.25) is 14.6 Å². The van der Waals surface area contributed by atoms with Gasteiger partial charge in [0.05, 0.1) is 28.1 Å². The Labute approximate surface area is 268 Å². The van der Waals surface area contributed by atoms with Gasteiger partial charge in [-0.25, -0.2) is 4.79 Å². The third-order valence-corrected chi connectivity index (χ3v) is 8.47. The number of nitrogens with zero attached hydrogens (tertiary/aromatic N) is 3. The van der Waals surface area contributed by atoms with Gasteiger partial charge in [0.2, 0.25) is 5.91 Å². The molecular formula is C33H50Cl2N4O4. The van der Waals surface area contributed by atoms with Crippen LogP contribution in [0.25, 0.3) is 0 Å². The number of piperazine rings is 1. The number of alkyl carbamates (subject to hydrolysis) is 1. The highest BCUT2D eigenvalue weighted by Gasteiger charge is 2.29. The van der Waals surface area contributed by atoms with Crippen LogP contribution in [0.1, 0.15) is 80.6 Å². The number of unbranched alkanes of at least 4 members (excludes halogenated alkanes) is 1. The zero-order valence-electron chi connectivity index (χ0n) is 27.0. The maximum absolute atomic E-state index is 12.8. The van der Waals surface area contributed by atoms with Crippen LogP contribution in [-0.4, -0.2) is 73.4 Å². The van der Waals surface area contributed by atoms with Gasteiger partial charge in [-0.1, -0.05) is 50.0 Å². The molecule has 0 atom stereocenters. The molecule has 43 heavy (non-hydrogen) atoms. The predicted octanol–water partition coefficient (Wildman–Crippen LogP) is 7.61. The van der Waals surface area contributed by atoms with Crippen LogP contribution in [0.5, 0.6) is 0 Å². The number of rotatable bonds is 12. The van der Waals surface area contributed by atoms with Crippen molar-refractivity contribution in [3.63, 3.8) is 0 Å². The van der Waals surface area contributed by atoms with Gasteiger partial charge in [-0.05, 0) is 89.1 Å². The second-order valence-electron chi connectivity index (χ2n) is 13.5. The lowest BCUT2D eigenvalue weighted by molar-refractivity contribution is -0.133. The lowest BCUT2D eigenvalue weighted by Gasteiger charge is -2.36. The number of carbonyl (C=O) groups excluding carboxylic acids is 2. The molecule has 1 fully saturated rings. The molecule has 2 amide bonds. The minimum atomic E-state index is -0.531. The summed E-state index contributed by atoms with van der Waals surface area (Å²) in [6, 6.07) is 5.78. The van der Waals surface area contributed by atoms with Crippen molar-refractivity contribution in [2.75, 3.05) is 51.0 Å². The lowest BCUT2D eigenvalue weighted by atomic mass is 9.82. The van der Waals surface area contributed by atoms with Crippen molar-refractivity contribution in [1.82, 2.24) is 15.1 Å². The first kappa shape index (κ1) is 35.1. The first-order valence-corrected chi connectivity index (χ1v) is 16.1. The Morgan fingerprint density at radius 3 is 2.40 bits per heavy atom. The first-order chi connectivity index (χ1) is 20.1. The Morgan fingerprint density at radius 1 is 1.02 bits per heavy atom. The maximum atomic E-state index is 12.8. The van der Waals surface area contributed by atoms with Crippen LogP contribution >= 0.6 is 23.2 Å². The minimum absolute atomic E-state index is 0.0534. The summed E-state index contributed by atoms with van der Waals surface area (Å²) in [6.07, 6.45) is 5.18. The van der Waals surface area contributed by atoms with Crippen molar-refractivity contribution >= 4 is 40.9 Å². The van der Waals surface area contributed by atoms with E-state index in [9.17, 15) is 9.59 Å². The highest BCUT2D eigenvalue weighted by Crippen LogP contribution is 2.33. The molecule has 0 aliphatic carbocycles. The van der Waals surface area contributed by atoms with Crippen molar-refractivity contribution in [3.05, 3.63) is 51.3 Å². The smallest absolute Gasteiger partial charge is 0.409 e. The highest BCUT2D eigenvalue weighted by molar-refractivity contribution is 6.43. The predicted molar refractivity (Wildman–Crippen MR) is 175 cm³/mol. The zero-order valence-corrected chi connectivity index (χ0v) is 28.5. The molecule has 1 N–H and O–H groups in total. The molecule has 0 unspecified atom stereocenters. The van der Waals surface area contributed by atoms with Gasteiger partial charge in [-0.15, -0.1) is 0 Å². The average molecular weight is 638 g/mol. The standard InChI is InChI=1S/C33H50Cl2N4O4/c1-24-13-14-29(40)39(23-43-31(41)36-33(6,7)22-32(3,4)5)28(24)21-25(2)42-20-9-8-15-37-16-18-38(19-17-37)27-12-10-11-26(34)30(27)35/h10-12,21H,8-9,13-20,22-23H2,1-7H3,(H,36,41)/b25-21+. The molecule has 10 heteroatoms. The Kier molecular flexibility index (Phi) is 12.7. The normalized spacial score (nSPS) is 17.4. The number of ether oxygens (including phenoxy) is 2. The summed E-state index contributed by atoms with van der Waals surface area (Å²) in [4.78, 5) is 31.7. The number of hydrogen-bond donors (Lipinski definition) is 1. The molecule has 1 aromatic rings. The monoisotopic (exact) mass is 636 g/mol. The number of amides is 2. The fraction of sp³-hybridized carbons (Fsp3) is 0.636. The number of anilines is 1. The van der Waals surface area contributed by atoms with Crippen LogP contribution in [-0.2, 0) is 14.3 Å². The van der Waals surface area contributed by atoms with Crippen LogP contribution in [0.2, 0.25) is 10.0 Å². The van der Waals surface area contributed by atoms with E-state index < -0.39 is 11.6 Å². The Bertz CT molecular complexity index is 1180. The fourth-order valence-electron chi connectivity index (χ4n) is 5.92. The average Bonchev–Trinajstić information content (AvgIpc) is 2.90. The van der Waals surface area contributed by atoms with Gasteiger partial charge in [0.1, 0.15) is 0 Å². The SMILES string of the molecule is CC1=C(/C=C(\C)OCCCCN2CCN(c3cccc(Cl)c3Cl)CC2)N(COC(=O)NC(C)(C)CC(C)(C)C)C(=O)CC1. The molecule has 0 bridgehead atoms. The molecule has 0 saturated carbocycles. The van der Waals surface area contributed by atoms with Gasteiger partial charge in [-0.2, -0.15) is 0 Å². The zero-order chi connectivity index (χ0) is 31.8. The van der Waals surface area contributed by atoms with Crippen LogP contribution in [0.4, 0.5) is 10.5 Å². The van der Waals surface area contributed by atoms with Crippen molar-refractivity contribution in [2.24, 2.45) is 5.41 Å². The van der Waals surface area contributed by atoms with Gasteiger partial charge < -0.3 is 19.7 Å². The first-order valence-electron chi connectivity index (χ1n) is 15.3. The second kappa shape index (κ2) is 15.5. The van der Waals surface area contributed by atoms with Crippen molar-refractivity contribution in [1.29, 1.82) is 0 Å². The van der Waals surface area contributed by atoms with Crippen LogP contribution in [0.15, 0.2) is 41.3 Å². The van der Waals surface area contributed by atoms with E-state index in [4.69, 9.17) is 32.7 Å². The maximum Gasteiger partial charge on any atom is 0.409 e. The highest BCUT2D eigenvalue weighted by atomic mass is 35.5. The summed E-state index contributed by atoms with van der Waals surface area (Å²) in [7, 11) is 0. The van der Waals surface area contributed by atoms with E-state index in [1.54, 1.807) is 0 Å². The van der Waals surface area contributed by atoms with Gasteiger partial charge in [0, 0.05) is 43.8 Å². The number of allylic oxidation sites excluding steroid dienone is 3. The van der Waals surface area contributed by atoms with Crippen molar-refractivity contribution in [3.8, 4) is 0 Å². The molecule has 1 aromatic carbocycles. The van der Waals surface area contributed by atoms with E-state index >= 15 is 0 Å². The fourth-order valence-corrected chi connectivity index (χ4v) is 6.34. The number of nitrogens with one attached hydrogen (secondary N) is 1. The second-order valence-corrected chi connectivity index (χ2v) is 14.3. The molecule has 2 aliphatic heterocycles. The van der Waals surface area contributed by atoms with Crippen molar-refractivity contribution in [2.45, 2.75) is 86.1 Å². The molecule has 3 rings (SSSR count). The van der Waals surface area contributed by atoms with E-state index in [-0.39, 0.29) is 18.1 Å². The topological polar surface area (TPSA) is 74.3 Å². The molecule has 0 spiro atoms. The largest absolute Gasteiger partial charge is 0.498 e. The van der Waals surface area contributed by atoms with Crippen LogP contribution < -0.4 is 10.2 Å². The summed E-state index contributed by atoms with van der Waals surface area (Å²) in [6.45, 7) is 19.5. The summed E-state index contributed by atoms with van der Waals surface area (Å²) in [5.41, 5.74) is 2.44. The van der Waals surface area contributed by atoms with Crippen LogP contribution in [0.3, 0.4) is 0 Å². The van der Waals surface area contributed by atoms with Gasteiger partial charge >= 0.3 is 6.09 Å². The summed E-state index contributed by atoms with van der Waals surface area (Å²) in [5, 5.41) is 4.15. The van der Waals surface area contributed by atoms with E-state index in [0.717, 1.165) is 74.7 Å². The molecule has 8 nitrogen and oxygen atoms in total. The summed E-state index contributed by atoms with van der Waals surface area (Å²) < 4.78 is 11.5. The molecule has 2 heterocycles. The number of hydrogen-bond acceptors (Lipinski definition) is 6. The van der Waals surface area contributed by atoms with E-state index in [1.807, 2.05) is 52.0 Å². The number of benzene rings is 1. The minimum Gasteiger partial charge on any atom is -0.498 e. The third-order valence-electron chi connectivity index (χ3n) is 7.66. The van der Waals surface area contributed by atoms with E-state index in [0.29, 0.717) is 29.5 Å². The molecule has 240 valence electrons. The third kappa shape index (κ3) is 11.2. The summed E-state index contributed by atoms with van der Waals surface area (Å²) in [5.74, 6) is 0.668. The van der Waals surface area contributed by atoms with E-state index in [2.05, 4.69) is 35.9 Å². The number of halogens is 2. The number of carbonyl (C=O) groups is 2. The lowest BCUT2D eigenvalue weighted by Crippen LogP contribution is -2.47. The Hall–Kier alpha value is -2.42. The summed E-state index contributed by atoms with van der Waals surface area (Å²) >= 11 is 12.6. The van der Waals surface area contributed by atoms with Crippen LogP contribution in [0, 0.1) is 5.41 Å². The molecule has 2 aliphatic rings. The molecule has 1 saturated heterocycles. The Balaban J connectivity index is 1.42. The quantitative estimate of drug-likeness (QED) is 0.188. The molecular weight excluding hydrogens is 587 g/mol. The van der Waals surface area contributed by atoms with Gasteiger partial charge in [0.15, 0.2) is 6.73 Å². The van der Waals surface area contributed by atoms with Gasteiger partial charge in [0.25, 0.3) is 0 Å². The molecule has 0 radical (unpaired) electrons. The molecule has 0 aromatic heterocycles. The van der Waals surface area contributed by atoms with Crippen molar-refractivity contribution < 1.29 is 19.1 Å².